The van der Waals surface area contributed by atoms with Gasteiger partial charge in [-0.1, -0.05) is 66.7 Å². The normalized spacial score (nSPS) is 17.0. The van der Waals surface area contributed by atoms with Crippen molar-refractivity contribution >= 4 is 52.5 Å². The van der Waals surface area contributed by atoms with Gasteiger partial charge >= 0.3 is 11.9 Å². The number of hydrogen-bond donors (Lipinski definition) is 1. The van der Waals surface area contributed by atoms with Crippen molar-refractivity contribution in [2.45, 2.75) is 30.5 Å². The van der Waals surface area contributed by atoms with Crippen LogP contribution < -0.4 is 5.32 Å². The lowest BCUT2D eigenvalue weighted by Crippen LogP contribution is -2.71. The number of amides is 2. The summed E-state index contributed by atoms with van der Waals surface area (Å²) in [5, 5.41) is 15.0. The topological polar surface area (TPSA) is 145 Å². The molecule has 2 amide bonds. The standard InChI is InChI=1S/C34H27N3O8S2/c38-27(18-25-12-7-17-46-25)35-28-31(39)36-29(34(41)45-30(22-8-3-1-4-9-22)23-10-5-2-6-11-23)26(20-47-32(28)36)33(40)44-19-21-13-15-24(16-14-21)37(42)43/h1-17,28,30,32H,18-20H2,(H,35,38)/t28?,32-/m1/s1. The van der Waals surface area contributed by atoms with Crippen LogP contribution in [0.4, 0.5) is 5.69 Å². The van der Waals surface area contributed by atoms with Gasteiger partial charge in [-0.05, 0) is 40.3 Å². The van der Waals surface area contributed by atoms with Crippen LogP contribution in [0, 0.1) is 10.1 Å². The van der Waals surface area contributed by atoms with Crippen molar-refractivity contribution in [1.29, 1.82) is 0 Å². The van der Waals surface area contributed by atoms with Crippen LogP contribution >= 0.6 is 23.1 Å². The first-order chi connectivity index (χ1) is 22.8. The molecule has 0 spiro atoms. The molecular weight excluding hydrogens is 643 g/mol. The number of nitrogens with one attached hydrogen (secondary N) is 1. The number of fused-ring (bicyclic) bond motifs is 1. The summed E-state index contributed by atoms with van der Waals surface area (Å²) in [4.78, 5) is 66.4. The number of rotatable bonds is 11. The Hall–Kier alpha value is -5.27. The summed E-state index contributed by atoms with van der Waals surface area (Å²) in [6.45, 7) is -0.219. The number of benzene rings is 3. The van der Waals surface area contributed by atoms with Crippen LogP contribution in [0.3, 0.4) is 0 Å². The maximum atomic E-state index is 14.1. The van der Waals surface area contributed by atoms with Crippen LogP contribution in [-0.2, 0) is 41.7 Å². The first-order valence-corrected chi connectivity index (χ1v) is 16.4. The molecular formula is C34H27N3O8S2. The van der Waals surface area contributed by atoms with E-state index in [2.05, 4.69) is 5.32 Å². The van der Waals surface area contributed by atoms with Crippen LogP contribution in [0.25, 0.3) is 0 Å². The minimum absolute atomic E-state index is 0.0105. The van der Waals surface area contributed by atoms with E-state index in [1.807, 2.05) is 78.2 Å². The summed E-state index contributed by atoms with van der Waals surface area (Å²) >= 11 is 2.65. The second kappa shape index (κ2) is 14.0. The lowest BCUT2D eigenvalue weighted by atomic mass is 10.0. The Bertz CT molecular complexity index is 1790. The molecule has 0 saturated carbocycles. The molecule has 0 bridgehead atoms. The molecule has 1 saturated heterocycles. The van der Waals surface area contributed by atoms with E-state index in [0.717, 1.165) is 4.88 Å². The van der Waals surface area contributed by atoms with Crippen LogP contribution in [0.15, 0.2) is 114 Å². The summed E-state index contributed by atoms with van der Waals surface area (Å²) in [7, 11) is 0. The molecule has 1 N–H and O–H groups in total. The van der Waals surface area contributed by atoms with Gasteiger partial charge in [0.05, 0.1) is 16.9 Å². The smallest absolute Gasteiger partial charge is 0.356 e. The number of carbonyl (C=O) groups is 4. The summed E-state index contributed by atoms with van der Waals surface area (Å²) in [6, 6.07) is 26.5. The molecule has 0 aliphatic carbocycles. The molecule has 238 valence electrons. The third kappa shape index (κ3) is 6.95. The number of thiophene rings is 1. The molecule has 1 aromatic heterocycles. The molecule has 11 nitrogen and oxygen atoms in total. The number of esters is 2. The van der Waals surface area contributed by atoms with Gasteiger partial charge in [-0.3, -0.25) is 24.6 Å². The van der Waals surface area contributed by atoms with E-state index in [1.165, 1.54) is 52.3 Å². The second-order valence-electron chi connectivity index (χ2n) is 10.6. The maximum Gasteiger partial charge on any atom is 0.356 e. The lowest BCUT2D eigenvalue weighted by molar-refractivity contribution is -0.384. The molecule has 3 heterocycles. The molecule has 1 unspecified atom stereocenters. The third-order valence-electron chi connectivity index (χ3n) is 7.59. The highest BCUT2D eigenvalue weighted by Gasteiger charge is 2.55. The fourth-order valence-electron chi connectivity index (χ4n) is 5.26. The van der Waals surface area contributed by atoms with Crippen molar-refractivity contribution < 1.29 is 33.6 Å². The van der Waals surface area contributed by atoms with Gasteiger partial charge in [-0.25, -0.2) is 9.59 Å². The molecule has 6 rings (SSSR count). The number of carbonyl (C=O) groups excluding carboxylic acids is 4. The molecule has 1 fully saturated rings. The summed E-state index contributed by atoms with van der Waals surface area (Å²) in [6.07, 6.45) is -0.736. The fourth-order valence-corrected chi connectivity index (χ4v) is 7.29. The number of β-lactam (4-membered cyclic amide) rings is 1. The van der Waals surface area contributed by atoms with Gasteiger partial charge in [-0.15, -0.1) is 23.1 Å². The second-order valence-corrected chi connectivity index (χ2v) is 12.8. The summed E-state index contributed by atoms with van der Waals surface area (Å²) in [5.74, 6) is -2.61. The van der Waals surface area contributed by atoms with E-state index in [4.69, 9.17) is 9.47 Å². The van der Waals surface area contributed by atoms with E-state index >= 15 is 0 Å². The van der Waals surface area contributed by atoms with Crippen LogP contribution in [0.5, 0.6) is 0 Å². The molecule has 2 aliphatic rings. The minimum atomic E-state index is -0.896. The van der Waals surface area contributed by atoms with Crippen LogP contribution in [-0.4, -0.2) is 50.7 Å². The quantitative estimate of drug-likeness (QED) is 0.102. The molecule has 47 heavy (non-hydrogen) atoms. The number of nitrogens with zero attached hydrogens (tertiary/aromatic N) is 2. The first kappa shape index (κ1) is 31.7. The summed E-state index contributed by atoms with van der Waals surface area (Å²) < 4.78 is 11.6. The minimum Gasteiger partial charge on any atom is -0.457 e. The van der Waals surface area contributed by atoms with E-state index < -0.39 is 40.3 Å². The Morgan fingerprint density at radius 3 is 2.17 bits per heavy atom. The zero-order valence-electron chi connectivity index (χ0n) is 24.6. The average Bonchev–Trinajstić information content (AvgIpc) is 3.61. The Kier molecular flexibility index (Phi) is 9.45. The number of nitro groups is 1. The maximum absolute atomic E-state index is 14.1. The largest absolute Gasteiger partial charge is 0.457 e. The van der Waals surface area contributed by atoms with Gasteiger partial charge in [0, 0.05) is 22.8 Å². The highest BCUT2D eigenvalue weighted by Crippen LogP contribution is 2.42. The van der Waals surface area contributed by atoms with Crippen molar-refractivity contribution in [2.75, 3.05) is 5.75 Å². The molecule has 2 atom stereocenters. The Labute approximate surface area is 277 Å². The van der Waals surface area contributed by atoms with Gasteiger partial charge in [0.25, 0.3) is 11.6 Å². The number of hydrogen-bond acceptors (Lipinski definition) is 10. The first-order valence-electron chi connectivity index (χ1n) is 14.5. The average molecular weight is 670 g/mol. The van der Waals surface area contributed by atoms with E-state index in [0.29, 0.717) is 16.7 Å². The predicted molar refractivity (Wildman–Crippen MR) is 174 cm³/mol. The van der Waals surface area contributed by atoms with E-state index in [9.17, 15) is 29.3 Å². The molecule has 0 radical (unpaired) electrons. The Morgan fingerprint density at radius 2 is 1.57 bits per heavy atom. The Morgan fingerprint density at radius 1 is 0.915 bits per heavy atom. The van der Waals surface area contributed by atoms with Crippen molar-refractivity contribution in [3.63, 3.8) is 0 Å². The van der Waals surface area contributed by atoms with E-state index in [-0.39, 0.29) is 41.6 Å². The fraction of sp³-hybridized carbons (Fsp3) is 0.176. The molecule has 2 aliphatic heterocycles. The zero-order chi connectivity index (χ0) is 32.9. The lowest BCUT2D eigenvalue weighted by Gasteiger charge is -2.49. The van der Waals surface area contributed by atoms with Gasteiger partial charge < -0.3 is 14.8 Å². The molecule has 4 aromatic rings. The van der Waals surface area contributed by atoms with Crippen LogP contribution in [0.1, 0.15) is 27.7 Å². The predicted octanol–water partition coefficient (Wildman–Crippen LogP) is 4.93. The third-order valence-corrected chi connectivity index (χ3v) is 9.74. The van der Waals surface area contributed by atoms with Crippen molar-refractivity contribution in [1.82, 2.24) is 10.2 Å². The highest BCUT2D eigenvalue weighted by molar-refractivity contribution is 8.00. The Balaban J connectivity index is 1.27. The van der Waals surface area contributed by atoms with E-state index in [1.54, 1.807) is 0 Å². The highest BCUT2D eigenvalue weighted by atomic mass is 32.2. The zero-order valence-corrected chi connectivity index (χ0v) is 26.3. The number of thioether (sulfide) groups is 1. The SMILES string of the molecule is O=C(Cc1cccs1)NC1C(=O)N2C(C(=O)OC(c3ccccc3)c3ccccc3)=C(C(=O)OCc3ccc([N+](=O)[O-])cc3)CS[C@H]12. The number of nitro benzene ring substituents is 1. The van der Waals surface area contributed by atoms with Crippen LogP contribution in [0.2, 0.25) is 0 Å². The summed E-state index contributed by atoms with van der Waals surface area (Å²) in [5.41, 5.74) is 1.46. The van der Waals surface area contributed by atoms with Crippen molar-refractivity contribution in [3.05, 3.63) is 145 Å². The number of non-ortho nitro benzene ring substituents is 1. The van der Waals surface area contributed by atoms with Crippen molar-refractivity contribution in [3.8, 4) is 0 Å². The van der Waals surface area contributed by atoms with Gasteiger partial charge in [-0.2, -0.15) is 0 Å². The van der Waals surface area contributed by atoms with Crippen molar-refractivity contribution in [2.24, 2.45) is 0 Å². The van der Waals surface area contributed by atoms with Gasteiger partial charge in [0.15, 0.2) is 6.10 Å². The molecule has 3 aromatic carbocycles. The molecule has 13 heteroatoms. The number of ether oxygens (including phenoxy) is 2. The van der Waals surface area contributed by atoms with Gasteiger partial charge in [0.2, 0.25) is 5.91 Å². The van der Waals surface area contributed by atoms with Gasteiger partial charge in [0.1, 0.15) is 23.7 Å². The monoisotopic (exact) mass is 669 g/mol.